The van der Waals surface area contributed by atoms with Gasteiger partial charge in [0.15, 0.2) is 0 Å². The second kappa shape index (κ2) is 12.6. The summed E-state index contributed by atoms with van der Waals surface area (Å²) in [5.74, 6) is 0.819. The summed E-state index contributed by atoms with van der Waals surface area (Å²) in [6.45, 7) is 10.3. The minimum Gasteiger partial charge on any atom is -0.491 e. The molecule has 30 heavy (non-hydrogen) atoms. The van der Waals surface area contributed by atoms with Crippen molar-refractivity contribution in [2.45, 2.75) is 32.4 Å². The molecule has 0 spiro atoms. The van der Waals surface area contributed by atoms with Crippen LogP contribution >= 0.6 is 0 Å². The number of nitrogens with one attached hydrogen (secondary N) is 1. The molecule has 0 amide bonds. The quantitative estimate of drug-likeness (QED) is 0.521. The normalized spacial score (nSPS) is 16.5. The van der Waals surface area contributed by atoms with E-state index in [0.29, 0.717) is 13.2 Å². The molecule has 0 unspecified atom stereocenters. The Morgan fingerprint density at radius 1 is 1.10 bits per heavy atom. The van der Waals surface area contributed by atoms with Gasteiger partial charge in [0.25, 0.3) is 0 Å². The van der Waals surface area contributed by atoms with E-state index >= 15 is 0 Å². The molecule has 1 saturated heterocycles. The molecule has 1 aliphatic heterocycles. The molecule has 0 aliphatic carbocycles. The lowest BCUT2D eigenvalue weighted by Crippen LogP contribution is -2.49. The van der Waals surface area contributed by atoms with Crippen molar-refractivity contribution in [2.24, 2.45) is 0 Å². The second-order valence-corrected chi connectivity index (χ2v) is 7.99. The molecular weight excluding hydrogens is 376 g/mol. The maximum Gasteiger partial charge on any atom is 0.119 e. The monoisotopic (exact) mass is 412 g/mol. The zero-order valence-electron chi connectivity index (χ0n) is 18.2. The molecule has 1 atom stereocenters. The van der Waals surface area contributed by atoms with Crippen LogP contribution in [0.4, 0.5) is 0 Å². The number of rotatable bonds is 12. The number of hydrogen-bond acceptors (Lipinski definition) is 6. The van der Waals surface area contributed by atoms with Crippen LogP contribution in [0.5, 0.6) is 5.75 Å². The number of aromatic nitrogens is 1. The summed E-state index contributed by atoms with van der Waals surface area (Å²) < 4.78 is 5.86. The Hall–Kier alpha value is -1.99. The summed E-state index contributed by atoms with van der Waals surface area (Å²) in [5, 5.41) is 13.8. The van der Waals surface area contributed by atoms with Gasteiger partial charge in [0, 0.05) is 51.7 Å². The second-order valence-electron chi connectivity index (χ2n) is 7.99. The molecule has 1 aromatic carbocycles. The SMILES string of the molecule is CCN1CCN(C[C@H](O)COc2cccc(CNCCCc3cccnc3)c2)CC1. The lowest BCUT2D eigenvalue weighted by molar-refractivity contribution is 0.0471. The van der Waals surface area contributed by atoms with E-state index in [1.54, 1.807) is 0 Å². The number of pyridine rings is 1. The van der Waals surface area contributed by atoms with E-state index in [1.165, 1.54) is 11.1 Å². The Labute approximate surface area is 180 Å². The molecule has 1 aliphatic rings. The van der Waals surface area contributed by atoms with Gasteiger partial charge in [0.2, 0.25) is 0 Å². The number of aliphatic hydroxyl groups excluding tert-OH is 1. The Kier molecular flexibility index (Phi) is 9.57. The molecule has 0 bridgehead atoms. The highest BCUT2D eigenvalue weighted by molar-refractivity contribution is 5.28. The first-order valence-corrected chi connectivity index (χ1v) is 11.2. The van der Waals surface area contributed by atoms with Crippen LogP contribution in [0.2, 0.25) is 0 Å². The third-order valence-electron chi connectivity index (χ3n) is 5.59. The minimum absolute atomic E-state index is 0.329. The molecule has 6 heteroatoms. The van der Waals surface area contributed by atoms with Crippen LogP contribution in [0.25, 0.3) is 0 Å². The number of β-amino-alcohol motifs (C(OH)–C–C–N with tert-alkyl or cyclic N) is 1. The number of likely N-dealkylation sites (N-methyl/N-ethyl adjacent to an activating group) is 1. The number of piperazine rings is 1. The van der Waals surface area contributed by atoms with Gasteiger partial charge >= 0.3 is 0 Å². The van der Waals surface area contributed by atoms with Crippen molar-refractivity contribution in [3.63, 3.8) is 0 Å². The topological polar surface area (TPSA) is 60.9 Å². The maximum absolute atomic E-state index is 10.4. The highest BCUT2D eigenvalue weighted by Crippen LogP contribution is 2.14. The van der Waals surface area contributed by atoms with Gasteiger partial charge in [-0.05, 0) is 55.3 Å². The average Bonchev–Trinajstić information content (AvgIpc) is 2.79. The van der Waals surface area contributed by atoms with E-state index < -0.39 is 6.10 Å². The summed E-state index contributed by atoms with van der Waals surface area (Å²) in [6.07, 6.45) is 5.40. The van der Waals surface area contributed by atoms with E-state index in [9.17, 15) is 5.11 Å². The maximum atomic E-state index is 10.4. The number of nitrogens with zero attached hydrogens (tertiary/aromatic N) is 3. The Bertz CT molecular complexity index is 720. The summed E-state index contributed by atoms with van der Waals surface area (Å²) >= 11 is 0. The predicted octanol–water partition coefficient (Wildman–Crippen LogP) is 2.18. The lowest BCUT2D eigenvalue weighted by Gasteiger charge is -2.34. The fraction of sp³-hybridized carbons (Fsp3) is 0.542. The van der Waals surface area contributed by atoms with Crippen LogP contribution in [-0.2, 0) is 13.0 Å². The number of aryl methyl sites for hydroxylation is 1. The van der Waals surface area contributed by atoms with Crippen LogP contribution in [-0.4, -0.2) is 78.4 Å². The van der Waals surface area contributed by atoms with Gasteiger partial charge in [0.1, 0.15) is 18.5 Å². The molecule has 164 valence electrons. The molecule has 3 rings (SSSR count). The molecule has 2 aromatic rings. The summed E-state index contributed by atoms with van der Waals surface area (Å²) in [6, 6.07) is 12.2. The molecule has 2 N–H and O–H groups in total. The van der Waals surface area contributed by atoms with Gasteiger partial charge in [-0.25, -0.2) is 0 Å². The molecule has 1 fully saturated rings. The van der Waals surface area contributed by atoms with Crippen molar-refractivity contribution in [1.82, 2.24) is 20.1 Å². The lowest BCUT2D eigenvalue weighted by atomic mass is 10.1. The molecule has 2 heterocycles. The van der Waals surface area contributed by atoms with Crippen LogP contribution in [0.3, 0.4) is 0 Å². The van der Waals surface area contributed by atoms with Gasteiger partial charge in [-0.3, -0.25) is 9.88 Å². The van der Waals surface area contributed by atoms with Gasteiger partial charge in [-0.2, -0.15) is 0 Å². The first-order valence-electron chi connectivity index (χ1n) is 11.2. The first-order chi connectivity index (χ1) is 14.7. The third-order valence-corrected chi connectivity index (χ3v) is 5.59. The molecule has 6 nitrogen and oxygen atoms in total. The van der Waals surface area contributed by atoms with Crippen molar-refractivity contribution in [3.05, 3.63) is 59.9 Å². The van der Waals surface area contributed by atoms with Crippen molar-refractivity contribution >= 4 is 0 Å². The fourth-order valence-electron chi connectivity index (χ4n) is 3.77. The van der Waals surface area contributed by atoms with Gasteiger partial charge in [-0.1, -0.05) is 25.1 Å². The number of aliphatic hydroxyl groups is 1. The summed E-state index contributed by atoms with van der Waals surface area (Å²) in [7, 11) is 0. The smallest absolute Gasteiger partial charge is 0.119 e. The predicted molar refractivity (Wildman–Crippen MR) is 121 cm³/mol. The zero-order valence-corrected chi connectivity index (χ0v) is 18.2. The molecule has 0 radical (unpaired) electrons. The van der Waals surface area contributed by atoms with Crippen molar-refractivity contribution < 1.29 is 9.84 Å². The van der Waals surface area contributed by atoms with E-state index in [1.807, 2.05) is 30.6 Å². The first kappa shape index (κ1) is 22.7. The van der Waals surface area contributed by atoms with E-state index in [0.717, 1.165) is 64.4 Å². The van der Waals surface area contributed by atoms with Crippen molar-refractivity contribution in [3.8, 4) is 5.75 Å². The van der Waals surface area contributed by atoms with Crippen LogP contribution in [0.1, 0.15) is 24.5 Å². The van der Waals surface area contributed by atoms with E-state index in [-0.39, 0.29) is 0 Å². The largest absolute Gasteiger partial charge is 0.491 e. The highest BCUT2D eigenvalue weighted by Gasteiger charge is 2.18. The highest BCUT2D eigenvalue weighted by atomic mass is 16.5. The van der Waals surface area contributed by atoms with Crippen molar-refractivity contribution in [2.75, 3.05) is 52.4 Å². The third kappa shape index (κ3) is 8.03. The van der Waals surface area contributed by atoms with Crippen LogP contribution in [0, 0.1) is 0 Å². The standard InChI is InChI=1S/C24H36N4O2/c1-2-27-12-14-28(15-13-27)19-23(29)20-30-24-9-3-6-22(16-24)18-26-11-5-8-21-7-4-10-25-17-21/h3-4,6-7,9-10,16-17,23,26,29H,2,5,8,11-15,18-20H2,1H3/t23-/m0/s1. The molecule has 0 saturated carbocycles. The fourth-order valence-corrected chi connectivity index (χ4v) is 3.77. The van der Waals surface area contributed by atoms with Gasteiger partial charge in [-0.15, -0.1) is 0 Å². The van der Waals surface area contributed by atoms with E-state index in [2.05, 4.69) is 45.2 Å². The number of benzene rings is 1. The Morgan fingerprint density at radius 2 is 1.90 bits per heavy atom. The summed E-state index contributed by atoms with van der Waals surface area (Å²) in [5.41, 5.74) is 2.47. The number of hydrogen-bond donors (Lipinski definition) is 2. The summed E-state index contributed by atoms with van der Waals surface area (Å²) in [4.78, 5) is 8.92. The van der Waals surface area contributed by atoms with Crippen LogP contribution < -0.4 is 10.1 Å². The Balaban J connectivity index is 1.31. The minimum atomic E-state index is -0.465. The molecular formula is C24H36N4O2. The molecule has 1 aromatic heterocycles. The van der Waals surface area contributed by atoms with Crippen molar-refractivity contribution in [1.29, 1.82) is 0 Å². The van der Waals surface area contributed by atoms with Crippen LogP contribution in [0.15, 0.2) is 48.8 Å². The zero-order chi connectivity index (χ0) is 21.0. The van der Waals surface area contributed by atoms with E-state index in [4.69, 9.17) is 4.74 Å². The van der Waals surface area contributed by atoms with Gasteiger partial charge < -0.3 is 20.1 Å². The number of ether oxygens (including phenoxy) is 1. The van der Waals surface area contributed by atoms with Gasteiger partial charge in [0.05, 0.1) is 0 Å². The Morgan fingerprint density at radius 3 is 2.67 bits per heavy atom. The average molecular weight is 413 g/mol.